The molecule has 1 aliphatic carbocycles. The van der Waals surface area contributed by atoms with Gasteiger partial charge in [0.2, 0.25) is 5.91 Å². The van der Waals surface area contributed by atoms with Crippen molar-refractivity contribution in [1.82, 2.24) is 19.8 Å². The van der Waals surface area contributed by atoms with Crippen LogP contribution < -0.4 is 5.32 Å². The van der Waals surface area contributed by atoms with Crippen LogP contribution in [0.15, 0.2) is 23.7 Å². The Morgan fingerprint density at radius 2 is 2.30 bits per heavy atom. The van der Waals surface area contributed by atoms with Gasteiger partial charge in [0.1, 0.15) is 5.82 Å². The molecule has 1 saturated carbocycles. The monoisotopic (exact) mass is 330 g/mol. The van der Waals surface area contributed by atoms with E-state index in [0.717, 1.165) is 37.7 Å². The third-order valence-corrected chi connectivity index (χ3v) is 5.39. The molecule has 0 unspecified atom stereocenters. The van der Waals surface area contributed by atoms with E-state index in [9.17, 15) is 4.79 Å². The van der Waals surface area contributed by atoms with E-state index >= 15 is 0 Å². The maximum atomic E-state index is 11.8. The van der Waals surface area contributed by atoms with E-state index in [2.05, 4.69) is 38.5 Å². The second kappa shape index (κ2) is 6.45. The molecule has 4 rings (SSSR count). The first kappa shape index (κ1) is 14.9. The summed E-state index contributed by atoms with van der Waals surface area (Å²) in [6, 6.07) is 4.29. The van der Waals surface area contributed by atoms with E-state index < -0.39 is 0 Å². The largest absolute Gasteiger partial charge is 0.350 e. The Morgan fingerprint density at radius 3 is 3.09 bits per heavy atom. The molecule has 1 amide bonds. The van der Waals surface area contributed by atoms with E-state index in [1.807, 2.05) is 11.3 Å². The number of carbonyl (C=O) groups excluding carboxylic acids is 1. The molecule has 0 saturated heterocycles. The van der Waals surface area contributed by atoms with E-state index in [0.29, 0.717) is 18.9 Å². The second-order valence-electron chi connectivity index (χ2n) is 6.56. The number of hydrogen-bond acceptors (Lipinski definition) is 4. The average molecular weight is 330 g/mol. The van der Waals surface area contributed by atoms with Crippen LogP contribution in [-0.4, -0.2) is 26.9 Å². The summed E-state index contributed by atoms with van der Waals surface area (Å²) in [5, 5.41) is 5.13. The number of aromatic nitrogens is 2. The first-order valence-corrected chi connectivity index (χ1v) is 9.20. The van der Waals surface area contributed by atoms with Crippen molar-refractivity contribution in [2.75, 3.05) is 6.54 Å². The molecule has 6 heteroatoms. The fraction of sp³-hybridized carbons (Fsp3) is 0.529. The van der Waals surface area contributed by atoms with Gasteiger partial charge in [0.05, 0.1) is 18.8 Å². The van der Waals surface area contributed by atoms with Gasteiger partial charge in [-0.05, 0) is 30.2 Å². The minimum atomic E-state index is 0.165. The number of nitrogens with zero attached hydrogens (tertiary/aromatic N) is 3. The van der Waals surface area contributed by atoms with Crippen molar-refractivity contribution in [2.24, 2.45) is 5.92 Å². The summed E-state index contributed by atoms with van der Waals surface area (Å²) < 4.78 is 2.23. The van der Waals surface area contributed by atoms with Gasteiger partial charge in [0.25, 0.3) is 0 Å². The normalized spacial score (nSPS) is 17.9. The topological polar surface area (TPSA) is 50.2 Å². The number of hydrogen-bond donors (Lipinski definition) is 1. The number of imidazole rings is 1. The van der Waals surface area contributed by atoms with Crippen molar-refractivity contribution < 1.29 is 4.79 Å². The molecule has 0 radical (unpaired) electrons. The smallest absolute Gasteiger partial charge is 0.220 e. The Balaban J connectivity index is 1.32. The van der Waals surface area contributed by atoms with Gasteiger partial charge in [0.15, 0.2) is 0 Å². The molecule has 0 aromatic carbocycles. The molecule has 2 aromatic rings. The molecular formula is C17H22N4OS. The summed E-state index contributed by atoms with van der Waals surface area (Å²) in [6.07, 6.45) is 5.20. The van der Waals surface area contributed by atoms with Gasteiger partial charge in [-0.25, -0.2) is 4.98 Å². The van der Waals surface area contributed by atoms with Gasteiger partial charge >= 0.3 is 0 Å². The van der Waals surface area contributed by atoms with Crippen molar-refractivity contribution in [3.63, 3.8) is 0 Å². The Morgan fingerprint density at radius 1 is 1.39 bits per heavy atom. The lowest BCUT2D eigenvalue weighted by molar-refractivity contribution is -0.121. The Kier molecular flexibility index (Phi) is 4.18. The van der Waals surface area contributed by atoms with E-state index in [4.69, 9.17) is 4.98 Å². The van der Waals surface area contributed by atoms with Crippen LogP contribution in [0, 0.1) is 5.92 Å². The highest BCUT2D eigenvalue weighted by atomic mass is 32.1. The van der Waals surface area contributed by atoms with Crippen molar-refractivity contribution in [3.8, 4) is 0 Å². The lowest BCUT2D eigenvalue weighted by atomic mass is 10.3. The Hall–Kier alpha value is -1.66. The van der Waals surface area contributed by atoms with E-state index in [1.54, 1.807) is 0 Å². The first-order chi connectivity index (χ1) is 11.3. The number of thiophene rings is 1. The van der Waals surface area contributed by atoms with Gasteiger partial charge in [0, 0.05) is 37.1 Å². The number of fused-ring (bicyclic) bond motifs is 1. The predicted molar refractivity (Wildman–Crippen MR) is 89.8 cm³/mol. The SMILES string of the molecule is O=C(CC1CC1)NCc1cn2c(n1)CN(Cc1cccs1)CC2. The highest BCUT2D eigenvalue weighted by Crippen LogP contribution is 2.32. The lowest BCUT2D eigenvalue weighted by Gasteiger charge is -2.26. The predicted octanol–water partition coefficient (Wildman–Crippen LogP) is 2.38. The lowest BCUT2D eigenvalue weighted by Crippen LogP contribution is -2.32. The Bertz CT molecular complexity index is 675. The van der Waals surface area contributed by atoms with Gasteiger partial charge in [-0.3, -0.25) is 9.69 Å². The third kappa shape index (κ3) is 3.82. The number of amides is 1. The molecule has 1 N–H and O–H groups in total. The second-order valence-corrected chi connectivity index (χ2v) is 7.59. The number of rotatable bonds is 6. The average Bonchev–Trinajstić information content (AvgIpc) is 3.05. The maximum absolute atomic E-state index is 11.8. The van der Waals surface area contributed by atoms with Gasteiger partial charge in [-0.1, -0.05) is 6.07 Å². The quantitative estimate of drug-likeness (QED) is 0.885. The number of carbonyl (C=O) groups is 1. The zero-order valence-corrected chi connectivity index (χ0v) is 14.0. The summed E-state index contributed by atoms with van der Waals surface area (Å²) in [7, 11) is 0. The van der Waals surface area contributed by atoms with Crippen LogP contribution in [0.3, 0.4) is 0 Å². The van der Waals surface area contributed by atoms with Crippen LogP contribution in [0.4, 0.5) is 0 Å². The van der Waals surface area contributed by atoms with Crippen LogP contribution >= 0.6 is 11.3 Å². The zero-order valence-electron chi connectivity index (χ0n) is 13.2. The van der Waals surface area contributed by atoms with Gasteiger partial charge in [-0.15, -0.1) is 11.3 Å². The standard InChI is InChI=1S/C17H22N4OS/c22-17(8-13-3-4-13)18-9-14-10-21-6-5-20(12-16(21)19-14)11-15-2-1-7-23-15/h1-2,7,10,13H,3-6,8-9,11-12H2,(H,18,22). The van der Waals surface area contributed by atoms with Crippen molar-refractivity contribution in [2.45, 2.75) is 45.4 Å². The van der Waals surface area contributed by atoms with E-state index in [1.165, 1.54) is 17.7 Å². The zero-order chi connectivity index (χ0) is 15.6. The summed E-state index contributed by atoms with van der Waals surface area (Å²) in [5.74, 6) is 1.91. The van der Waals surface area contributed by atoms with Crippen molar-refractivity contribution >= 4 is 17.2 Å². The van der Waals surface area contributed by atoms with Crippen LogP contribution in [-0.2, 0) is 31.0 Å². The molecule has 0 bridgehead atoms. The van der Waals surface area contributed by atoms with Crippen molar-refractivity contribution in [3.05, 3.63) is 40.1 Å². The summed E-state index contributed by atoms with van der Waals surface area (Å²) in [4.78, 5) is 20.3. The number of nitrogens with one attached hydrogen (secondary N) is 1. The molecule has 2 aromatic heterocycles. The molecule has 2 aliphatic rings. The maximum Gasteiger partial charge on any atom is 0.220 e. The molecule has 0 spiro atoms. The molecule has 5 nitrogen and oxygen atoms in total. The minimum Gasteiger partial charge on any atom is -0.350 e. The van der Waals surface area contributed by atoms with Crippen LogP contribution in [0.5, 0.6) is 0 Å². The fourth-order valence-corrected chi connectivity index (χ4v) is 3.80. The van der Waals surface area contributed by atoms with Gasteiger partial charge < -0.3 is 9.88 Å². The molecule has 3 heterocycles. The van der Waals surface area contributed by atoms with Gasteiger partial charge in [-0.2, -0.15) is 0 Å². The molecular weight excluding hydrogens is 308 g/mol. The Labute approximate surface area is 140 Å². The summed E-state index contributed by atoms with van der Waals surface area (Å²) in [6.45, 7) is 4.46. The molecule has 1 aliphatic heterocycles. The highest BCUT2D eigenvalue weighted by Gasteiger charge is 2.24. The summed E-state index contributed by atoms with van der Waals surface area (Å²) >= 11 is 1.81. The van der Waals surface area contributed by atoms with Crippen LogP contribution in [0.25, 0.3) is 0 Å². The van der Waals surface area contributed by atoms with E-state index in [-0.39, 0.29) is 5.91 Å². The molecule has 23 heavy (non-hydrogen) atoms. The molecule has 0 atom stereocenters. The van der Waals surface area contributed by atoms with Crippen LogP contribution in [0.2, 0.25) is 0 Å². The minimum absolute atomic E-state index is 0.165. The third-order valence-electron chi connectivity index (χ3n) is 4.53. The summed E-state index contributed by atoms with van der Waals surface area (Å²) in [5.41, 5.74) is 0.974. The van der Waals surface area contributed by atoms with Crippen molar-refractivity contribution in [1.29, 1.82) is 0 Å². The highest BCUT2D eigenvalue weighted by molar-refractivity contribution is 7.09. The molecule has 1 fully saturated rings. The fourth-order valence-electron chi connectivity index (χ4n) is 3.05. The van der Waals surface area contributed by atoms with Crippen LogP contribution in [0.1, 0.15) is 35.7 Å². The molecule has 122 valence electrons. The first-order valence-electron chi connectivity index (χ1n) is 8.32.